The van der Waals surface area contributed by atoms with E-state index in [0.717, 1.165) is 24.8 Å². The number of hydrogen-bond acceptors (Lipinski definition) is 4. The minimum Gasteiger partial charge on any atom is -0.292 e. The van der Waals surface area contributed by atoms with Crippen molar-refractivity contribution in [3.05, 3.63) is 29.8 Å². The van der Waals surface area contributed by atoms with Crippen LogP contribution in [0, 0.1) is 18.8 Å². The minimum atomic E-state index is -3.69. The summed E-state index contributed by atoms with van der Waals surface area (Å²) in [5.41, 5.74) is 1.38. The van der Waals surface area contributed by atoms with Gasteiger partial charge in [-0.05, 0) is 38.3 Å². The van der Waals surface area contributed by atoms with Crippen molar-refractivity contribution in [2.24, 2.45) is 16.9 Å². The van der Waals surface area contributed by atoms with Crippen LogP contribution in [-0.4, -0.2) is 19.9 Å². The fraction of sp³-hybridized carbons (Fsp3) is 0.429. The minimum absolute atomic E-state index is 0.00727. The van der Waals surface area contributed by atoms with Gasteiger partial charge in [-0.3, -0.25) is 4.79 Å². The van der Waals surface area contributed by atoms with Crippen molar-refractivity contribution in [2.45, 2.75) is 31.1 Å². The van der Waals surface area contributed by atoms with Crippen molar-refractivity contribution >= 4 is 21.5 Å². The van der Waals surface area contributed by atoms with Crippen molar-refractivity contribution in [3.63, 3.8) is 0 Å². The fourth-order valence-electron chi connectivity index (χ4n) is 2.90. The Kier molecular flexibility index (Phi) is 3.12. The molecular formula is C14H16N2O3S. The summed E-state index contributed by atoms with van der Waals surface area (Å²) in [6.45, 7) is 1.89. The van der Waals surface area contributed by atoms with Gasteiger partial charge in [0.1, 0.15) is 5.71 Å². The topological polar surface area (TPSA) is 75.6 Å². The zero-order valence-corrected chi connectivity index (χ0v) is 12.0. The number of ketones is 1. The summed E-state index contributed by atoms with van der Waals surface area (Å²) in [7, 11) is -3.69. The van der Waals surface area contributed by atoms with Crippen LogP contribution in [0.15, 0.2) is 34.3 Å². The molecule has 3 rings (SSSR count). The van der Waals surface area contributed by atoms with E-state index in [9.17, 15) is 13.2 Å². The largest absolute Gasteiger partial charge is 0.292 e. The Morgan fingerprint density at radius 1 is 1.15 bits per heavy atom. The molecule has 2 aliphatic rings. The summed E-state index contributed by atoms with van der Waals surface area (Å²) in [5, 5.41) is 3.89. The first-order valence-electron chi connectivity index (χ1n) is 6.67. The van der Waals surface area contributed by atoms with Gasteiger partial charge in [0.15, 0.2) is 5.78 Å². The average molecular weight is 292 g/mol. The number of benzene rings is 1. The SMILES string of the molecule is Cc1ccc(S(=O)(=O)NN=C2C(=O)C3CCC2C3)cc1. The molecule has 1 N–H and O–H groups in total. The van der Waals surface area contributed by atoms with Gasteiger partial charge in [-0.25, -0.2) is 0 Å². The number of carbonyl (C=O) groups excluding carboxylic acids is 1. The van der Waals surface area contributed by atoms with Crippen LogP contribution in [0.2, 0.25) is 0 Å². The molecule has 0 aromatic heterocycles. The van der Waals surface area contributed by atoms with Crippen LogP contribution in [-0.2, 0) is 14.8 Å². The maximum atomic E-state index is 12.1. The molecule has 1 aromatic rings. The maximum absolute atomic E-state index is 12.1. The molecule has 5 nitrogen and oxygen atoms in total. The van der Waals surface area contributed by atoms with Gasteiger partial charge in [0.2, 0.25) is 0 Å². The first-order valence-corrected chi connectivity index (χ1v) is 8.16. The van der Waals surface area contributed by atoms with Crippen molar-refractivity contribution in [1.82, 2.24) is 4.83 Å². The third-order valence-electron chi connectivity index (χ3n) is 4.06. The van der Waals surface area contributed by atoms with Gasteiger partial charge in [-0.2, -0.15) is 18.4 Å². The van der Waals surface area contributed by atoms with Crippen LogP contribution in [0.1, 0.15) is 24.8 Å². The predicted octanol–water partition coefficient (Wildman–Crippen LogP) is 1.63. The lowest BCUT2D eigenvalue weighted by molar-refractivity contribution is -0.115. The van der Waals surface area contributed by atoms with Gasteiger partial charge in [-0.1, -0.05) is 17.7 Å². The summed E-state index contributed by atoms with van der Waals surface area (Å²) >= 11 is 0. The molecular weight excluding hydrogens is 276 g/mol. The van der Waals surface area contributed by atoms with Crippen LogP contribution in [0.25, 0.3) is 0 Å². The summed E-state index contributed by atoms with van der Waals surface area (Å²) in [6.07, 6.45) is 2.67. The monoisotopic (exact) mass is 292 g/mol. The summed E-state index contributed by atoms with van der Waals surface area (Å²) < 4.78 is 24.2. The van der Waals surface area contributed by atoms with Crippen molar-refractivity contribution in [1.29, 1.82) is 0 Å². The number of nitrogens with one attached hydrogen (secondary N) is 1. The molecule has 2 atom stereocenters. The Hall–Kier alpha value is -1.69. The normalized spacial score (nSPS) is 27.2. The van der Waals surface area contributed by atoms with E-state index in [1.807, 2.05) is 6.92 Å². The van der Waals surface area contributed by atoms with Crippen molar-refractivity contribution in [3.8, 4) is 0 Å². The molecule has 0 heterocycles. The van der Waals surface area contributed by atoms with Gasteiger partial charge in [-0.15, -0.1) is 0 Å². The highest BCUT2D eigenvalue weighted by Gasteiger charge is 2.44. The van der Waals surface area contributed by atoms with Crippen LogP contribution in [0.3, 0.4) is 0 Å². The standard InChI is InChI=1S/C14H16N2O3S/c1-9-2-6-12(7-3-9)20(18,19)16-15-13-10-4-5-11(8-10)14(13)17/h2-3,6-7,10-11,16H,4-5,8H2,1H3. The van der Waals surface area contributed by atoms with E-state index < -0.39 is 10.0 Å². The molecule has 2 fully saturated rings. The summed E-state index contributed by atoms with van der Waals surface area (Å²) in [6, 6.07) is 6.51. The predicted molar refractivity (Wildman–Crippen MR) is 74.8 cm³/mol. The highest BCUT2D eigenvalue weighted by molar-refractivity contribution is 7.89. The Labute approximate surface area is 118 Å². The molecule has 0 radical (unpaired) electrons. The van der Waals surface area contributed by atoms with E-state index >= 15 is 0 Å². The van der Waals surface area contributed by atoms with Gasteiger partial charge >= 0.3 is 0 Å². The number of Topliss-reactive ketones (excluding diaryl/α,β-unsaturated/α-hetero) is 1. The number of hydrogen-bond donors (Lipinski definition) is 1. The highest BCUT2D eigenvalue weighted by atomic mass is 32.2. The molecule has 0 saturated heterocycles. The van der Waals surface area contributed by atoms with Gasteiger partial charge in [0.25, 0.3) is 10.0 Å². The second-order valence-electron chi connectivity index (χ2n) is 5.48. The zero-order valence-electron chi connectivity index (χ0n) is 11.2. The maximum Gasteiger partial charge on any atom is 0.276 e. The number of aryl methyl sites for hydroxylation is 1. The molecule has 2 aliphatic carbocycles. The number of carbonyl (C=O) groups is 1. The second-order valence-corrected chi connectivity index (χ2v) is 7.14. The summed E-state index contributed by atoms with van der Waals surface area (Å²) in [5.74, 6) is 0.198. The number of fused-ring (bicyclic) bond motifs is 2. The molecule has 0 spiro atoms. The lowest BCUT2D eigenvalue weighted by Crippen LogP contribution is -2.27. The van der Waals surface area contributed by atoms with Gasteiger partial charge in [0, 0.05) is 11.8 Å². The van der Waals surface area contributed by atoms with E-state index in [0.29, 0.717) is 5.71 Å². The van der Waals surface area contributed by atoms with E-state index in [4.69, 9.17) is 0 Å². The zero-order chi connectivity index (χ0) is 14.3. The second kappa shape index (κ2) is 4.70. The summed E-state index contributed by atoms with van der Waals surface area (Å²) in [4.78, 5) is 14.2. The van der Waals surface area contributed by atoms with Crippen molar-refractivity contribution < 1.29 is 13.2 Å². The Balaban J connectivity index is 1.81. The van der Waals surface area contributed by atoms with E-state index in [1.165, 1.54) is 12.1 Å². The van der Waals surface area contributed by atoms with Gasteiger partial charge in [0.05, 0.1) is 4.90 Å². The van der Waals surface area contributed by atoms with E-state index in [-0.39, 0.29) is 22.5 Å². The Morgan fingerprint density at radius 2 is 1.80 bits per heavy atom. The first-order chi connectivity index (χ1) is 9.47. The van der Waals surface area contributed by atoms with Gasteiger partial charge < -0.3 is 0 Å². The number of nitrogens with zero attached hydrogens (tertiary/aromatic N) is 1. The van der Waals surface area contributed by atoms with E-state index in [2.05, 4.69) is 9.93 Å². The Bertz CT molecular complexity index is 677. The smallest absolute Gasteiger partial charge is 0.276 e. The van der Waals surface area contributed by atoms with E-state index in [1.54, 1.807) is 12.1 Å². The average Bonchev–Trinajstić information content (AvgIpc) is 2.98. The van der Waals surface area contributed by atoms with Crippen LogP contribution in [0.5, 0.6) is 0 Å². The Morgan fingerprint density at radius 3 is 2.40 bits per heavy atom. The number of hydrazone groups is 1. The molecule has 20 heavy (non-hydrogen) atoms. The fourth-order valence-corrected chi connectivity index (χ4v) is 3.72. The molecule has 0 amide bonds. The lowest BCUT2D eigenvalue weighted by atomic mass is 9.97. The van der Waals surface area contributed by atoms with Crippen LogP contribution < -0.4 is 4.83 Å². The van der Waals surface area contributed by atoms with Crippen LogP contribution in [0.4, 0.5) is 0 Å². The quantitative estimate of drug-likeness (QED) is 0.860. The molecule has 106 valence electrons. The van der Waals surface area contributed by atoms with Crippen molar-refractivity contribution in [2.75, 3.05) is 0 Å². The molecule has 2 unspecified atom stereocenters. The molecule has 1 aromatic carbocycles. The third-order valence-corrected chi connectivity index (χ3v) is 5.28. The molecule has 2 saturated carbocycles. The first kappa shape index (κ1) is 13.3. The highest BCUT2D eigenvalue weighted by Crippen LogP contribution is 2.40. The van der Waals surface area contributed by atoms with Crippen LogP contribution >= 0.6 is 0 Å². The molecule has 6 heteroatoms. The lowest BCUT2D eigenvalue weighted by Gasteiger charge is -2.11. The number of sulfonamides is 1. The number of rotatable bonds is 3. The molecule has 0 aliphatic heterocycles. The molecule has 2 bridgehead atoms. The third kappa shape index (κ3) is 2.24.